The Labute approximate surface area is 158 Å². The van der Waals surface area contributed by atoms with E-state index in [-0.39, 0.29) is 19.8 Å². The van der Waals surface area contributed by atoms with Gasteiger partial charge < -0.3 is 15.1 Å². The zero-order chi connectivity index (χ0) is 20.1. The number of carboxylic acids is 1. The Balaban J connectivity index is 0. The minimum absolute atomic E-state index is 0.0563. The average Bonchev–Trinajstić information content (AvgIpc) is 2.60. The van der Waals surface area contributed by atoms with Crippen LogP contribution in [0.25, 0.3) is 0 Å². The minimum Gasteiger partial charge on any atom is -0.481 e. The molecule has 0 aliphatic rings. The first kappa shape index (κ1) is 27.5. The Morgan fingerprint density at radius 3 is 1.92 bits per heavy atom. The molecule has 1 atom stereocenters. The molecular weight excluding hydrogens is 359 g/mol. The molecule has 0 bridgehead atoms. The van der Waals surface area contributed by atoms with Gasteiger partial charge in [0.2, 0.25) is 0 Å². The molecule has 0 fully saturated rings. The van der Waals surface area contributed by atoms with Gasteiger partial charge in [0.1, 0.15) is 0 Å². The van der Waals surface area contributed by atoms with E-state index < -0.39 is 13.8 Å². The van der Waals surface area contributed by atoms with E-state index in [1.54, 1.807) is 0 Å². The average molecular weight is 396 g/mol. The molecule has 3 N–H and O–H groups in total. The van der Waals surface area contributed by atoms with Crippen molar-refractivity contribution >= 4 is 13.8 Å². The van der Waals surface area contributed by atoms with Gasteiger partial charge in [0, 0.05) is 6.42 Å². The molecular formula is C18H37O7P. The van der Waals surface area contributed by atoms with Crippen molar-refractivity contribution in [3.05, 3.63) is 12.7 Å². The normalized spacial score (nSPS) is 12.7. The molecule has 7 nitrogen and oxygen atoms in total. The lowest BCUT2D eigenvalue weighted by Gasteiger charge is -2.08. The van der Waals surface area contributed by atoms with Crippen LogP contribution < -0.4 is 0 Å². The quantitative estimate of drug-likeness (QED) is 0.186. The van der Waals surface area contributed by atoms with E-state index in [0.717, 1.165) is 12.8 Å². The lowest BCUT2D eigenvalue weighted by molar-refractivity contribution is -0.137. The van der Waals surface area contributed by atoms with Gasteiger partial charge in [-0.25, -0.2) is 4.57 Å². The molecule has 0 radical (unpaired) electrons. The fraction of sp³-hybridized carbons (Fsp3) is 0.833. The van der Waals surface area contributed by atoms with Crippen LogP contribution in [-0.2, 0) is 18.4 Å². The smallest absolute Gasteiger partial charge is 0.472 e. The van der Waals surface area contributed by atoms with E-state index in [1.165, 1.54) is 57.4 Å². The fourth-order valence-corrected chi connectivity index (χ4v) is 2.78. The summed E-state index contributed by atoms with van der Waals surface area (Å²) in [5, 5.41) is 16.7. The zero-order valence-electron chi connectivity index (χ0n) is 16.1. The van der Waals surface area contributed by atoms with Crippen LogP contribution in [0.2, 0.25) is 0 Å². The number of phosphoric acid groups is 1. The van der Waals surface area contributed by atoms with E-state index in [1.807, 2.05) is 0 Å². The molecule has 0 saturated heterocycles. The number of hydrogen-bond donors (Lipinski definition) is 3. The topological polar surface area (TPSA) is 113 Å². The van der Waals surface area contributed by atoms with Crippen LogP contribution in [0.3, 0.4) is 0 Å². The van der Waals surface area contributed by atoms with Crippen LogP contribution in [0.15, 0.2) is 12.7 Å². The van der Waals surface area contributed by atoms with Gasteiger partial charge in [0.15, 0.2) is 0 Å². The van der Waals surface area contributed by atoms with E-state index in [2.05, 4.69) is 22.6 Å². The number of rotatable bonds is 17. The molecule has 0 heterocycles. The Morgan fingerprint density at radius 2 is 1.50 bits per heavy atom. The largest absolute Gasteiger partial charge is 0.481 e. The number of carbonyl (C=O) groups is 1. The summed E-state index contributed by atoms with van der Waals surface area (Å²) in [4.78, 5) is 19.0. The Hall–Kier alpha value is -0.720. The third kappa shape index (κ3) is 25.5. The number of carboxylic acid groups (broad SMARTS) is 1. The summed E-state index contributed by atoms with van der Waals surface area (Å²) in [7, 11) is -3.96. The monoisotopic (exact) mass is 396 g/mol. The SMILES string of the molecule is C=CCOP(=O)(O)OCCO.CCCCCCCCCCCCC(=O)O. The van der Waals surface area contributed by atoms with Gasteiger partial charge in [-0.05, 0) is 6.42 Å². The Bertz CT molecular complexity index is 375. The summed E-state index contributed by atoms with van der Waals surface area (Å²) in [5.74, 6) is -0.658. The maximum Gasteiger partial charge on any atom is 0.472 e. The summed E-state index contributed by atoms with van der Waals surface area (Å²) in [6.07, 6.45) is 14.2. The van der Waals surface area contributed by atoms with E-state index >= 15 is 0 Å². The molecule has 0 aliphatic carbocycles. The first-order valence-electron chi connectivity index (χ1n) is 9.45. The highest BCUT2D eigenvalue weighted by Crippen LogP contribution is 2.42. The Kier molecular flexibility index (Phi) is 21.8. The minimum atomic E-state index is -3.96. The van der Waals surface area contributed by atoms with Crippen LogP contribution in [0, 0.1) is 0 Å². The van der Waals surface area contributed by atoms with Crippen LogP contribution >= 0.6 is 7.82 Å². The number of aliphatic hydroxyl groups is 1. The molecule has 0 amide bonds. The highest BCUT2D eigenvalue weighted by atomic mass is 31.2. The Morgan fingerprint density at radius 1 is 1.00 bits per heavy atom. The second kappa shape index (κ2) is 20.6. The zero-order valence-corrected chi connectivity index (χ0v) is 17.0. The maximum atomic E-state index is 10.7. The lowest BCUT2D eigenvalue weighted by atomic mass is 10.1. The van der Waals surface area contributed by atoms with Crippen LogP contribution in [-0.4, -0.2) is 40.9 Å². The van der Waals surface area contributed by atoms with Crippen molar-refractivity contribution in [3.8, 4) is 0 Å². The molecule has 1 unspecified atom stereocenters. The number of aliphatic carboxylic acids is 1. The van der Waals surface area contributed by atoms with Crippen LogP contribution in [0.1, 0.15) is 77.6 Å². The van der Waals surface area contributed by atoms with E-state index in [4.69, 9.17) is 15.1 Å². The van der Waals surface area contributed by atoms with E-state index in [0.29, 0.717) is 6.42 Å². The molecule has 8 heteroatoms. The first-order chi connectivity index (χ1) is 12.4. The lowest BCUT2D eigenvalue weighted by Crippen LogP contribution is -1.99. The number of phosphoric ester groups is 1. The van der Waals surface area contributed by atoms with Crippen LogP contribution in [0.4, 0.5) is 0 Å². The molecule has 0 aliphatic heterocycles. The highest BCUT2D eigenvalue weighted by Gasteiger charge is 2.18. The van der Waals surface area contributed by atoms with Crippen molar-refractivity contribution in [2.24, 2.45) is 0 Å². The van der Waals surface area contributed by atoms with Crippen molar-refractivity contribution in [2.45, 2.75) is 77.6 Å². The molecule has 0 aromatic rings. The van der Waals surface area contributed by atoms with Gasteiger partial charge in [0.25, 0.3) is 0 Å². The van der Waals surface area contributed by atoms with Crippen LogP contribution in [0.5, 0.6) is 0 Å². The molecule has 0 rings (SSSR count). The van der Waals surface area contributed by atoms with Crippen molar-refractivity contribution in [3.63, 3.8) is 0 Å². The second-order valence-electron chi connectivity index (χ2n) is 5.94. The van der Waals surface area contributed by atoms with Crippen molar-refractivity contribution in [1.82, 2.24) is 0 Å². The third-order valence-electron chi connectivity index (χ3n) is 3.45. The predicted molar refractivity (Wildman–Crippen MR) is 103 cm³/mol. The summed E-state index contributed by atoms with van der Waals surface area (Å²) in [6, 6.07) is 0. The number of unbranched alkanes of at least 4 members (excludes halogenated alkanes) is 9. The van der Waals surface area contributed by atoms with Crippen molar-refractivity contribution in [2.75, 3.05) is 19.8 Å². The third-order valence-corrected chi connectivity index (χ3v) is 4.43. The fourth-order valence-electron chi connectivity index (χ4n) is 2.10. The van der Waals surface area contributed by atoms with E-state index in [9.17, 15) is 9.36 Å². The van der Waals surface area contributed by atoms with Crippen molar-refractivity contribution < 1.29 is 33.5 Å². The van der Waals surface area contributed by atoms with Gasteiger partial charge in [-0.3, -0.25) is 13.8 Å². The van der Waals surface area contributed by atoms with Gasteiger partial charge in [-0.2, -0.15) is 0 Å². The van der Waals surface area contributed by atoms with Gasteiger partial charge >= 0.3 is 13.8 Å². The summed E-state index contributed by atoms with van der Waals surface area (Å²) < 4.78 is 19.3. The molecule has 0 spiro atoms. The maximum absolute atomic E-state index is 10.7. The number of aliphatic hydroxyl groups excluding tert-OH is 1. The van der Waals surface area contributed by atoms with Gasteiger partial charge in [0.05, 0.1) is 19.8 Å². The van der Waals surface area contributed by atoms with Gasteiger partial charge in [-0.15, -0.1) is 6.58 Å². The van der Waals surface area contributed by atoms with Crippen molar-refractivity contribution in [1.29, 1.82) is 0 Å². The molecule has 0 saturated carbocycles. The second-order valence-corrected chi connectivity index (χ2v) is 7.39. The molecule has 26 heavy (non-hydrogen) atoms. The summed E-state index contributed by atoms with van der Waals surface area (Å²) in [5.41, 5.74) is 0. The number of hydrogen-bond acceptors (Lipinski definition) is 5. The standard InChI is InChI=1S/C13H26O2.C5H11O5P/c1-2-3-4-5-6-7-8-9-10-11-12-13(14)15;1-2-4-9-11(7,8)10-5-3-6/h2-12H2,1H3,(H,14,15);2,6H,1,3-5H2,(H,7,8). The highest BCUT2D eigenvalue weighted by molar-refractivity contribution is 7.47. The first-order valence-corrected chi connectivity index (χ1v) is 10.9. The molecule has 0 aromatic heterocycles. The predicted octanol–water partition coefficient (Wildman–Crippen LogP) is 4.68. The summed E-state index contributed by atoms with van der Waals surface area (Å²) in [6.45, 7) is 4.93. The van der Waals surface area contributed by atoms with Gasteiger partial charge in [-0.1, -0.05) is 70.8 Å². The summed E-state index contributed by atoms with van der Waals surface area (Å²) >= 11 is 0. The molecule has 0 aromatic carbocycles. The molecule has 156 valence electrons.